The molecule has 0 spiro atoms. The van der Waals surface area contributed by atoms with Crippen LogP contribution >= 0.6 is 0 Å². The van der Waals surface area contributed by atoms with Gasteiger partial charge in [0.1, 0.15) is 12.6 Å². The van der Waals surface area contributed by atoms with Crippen LogP contribution in [0.15, 0.2) is 23.1 Å². The van der Waals surface area contributed by atoms with Crippen molar-refractivity contribution in [2.45, 2.75) is 52.1 Å². The second-order valence-electron chi connectivity index (χ2n) is 4.96. The summed E-state index contributed by atoms with van der Waals surface area (Å²) in [6.07, 6.45) is 5.74. The average molecular weight is 275 g/mol. The van der Waals surface area contributed by atoms with Crippen molar-refractivity contribution in [1.29, 1.82) is 5.26 Å². The molecule has 5 nitrogen and oxygen atoms in total. The van der Waals surface area contributed by atoms with Gasteiger partial charge in [0.2, 0.25) is 5.91 Å². The lowest BCUT2D eigenvalue weighted by Gasteiger charge is -2.14. The first-order valence-electron chi connectivity index (χ1n) is 6.96. The van der Waals surface area contributed by atoms with E-state index in [2.05, 4.69) is 12.2 Å². The summed E-state index contributed by atoms with van der Waals surface area (Å²) in [7, 11) is 0. The Balaban J connectivity index is 2.54. The minimum Gasteiger partial charge on any atom is -0.352 e. The summed E-state index contributed by atoms with van der Waals surface area (Å²) in [4.78, 5) is 23.4. The van der Waals surface area contributed by atoms with Crippen LogP contribution < -0.4 is 10.9 Å². The number of hydrogen-bond acceptors (Lipinski definition) is 3. The number of nitrogens with one attached hydrogen (secondary N) is 1. The topological polar surface area (TPSA) is 74.9 Å². The van der Waals surface area contributed by atoms with Gasteiger partial charge in [-0.1, -0.05) is 26.2 Å². The van der Waals surface area contributed by atoms with Gasteiger partial charge in [-0.2, -0.15) is 5.26 Å². The van der Waals surface area contributed by atoms with Crippen molar-refractivity contribution in [2.24, 2.45) is 0 Å². The Labute approximate surface area is 119 Å². The standard InChI is InChI=1S/C15H21N3O2/c1-3-4-5-6-12(2)17-14(19)11-18-10-13(9-16)7-8-15(18)20/h7-8,10,12H,3-6,11H2,1-2H3,(H,17,19)/t12-/m0/s1. The van der Waals surface area contributed by atoms with Gasteiger partial charge in [-0.05, 0) is 19.4 Å². The monoisotopic (exact) mass is 275 g/mol. The minimum atomic E-state index is -0.280. The first kappa shape index (κ1) is 16.0. The highest BCUT2D eigenvalue weighted by molar-refractivity contribution is 5.76. The van der Waals surface area contributed by atoms with E-state index in [-0.39, 0.29) is 24.1 Å². The molecule has 5 heteroatoms. The molecule has 0 saturated heterocycles. The molecule has 0 aromatic carbocycles. The molecular formula is C15H21N3O2. The average Bonchev–Trinajstić information content (AvgIpc) is 2.41. The van der Waals surface area contributed by atoms with E-state index in [0.29, 0.717) is 5.56 Å². The SMILES string of the molecule is CCCCC[C@H](C)NC(=O)Cn1cc(C#N)ccc1=O. The smallest absolute Gasteiger partial charge is 0.251 e. The summed E-state index contributed by atoms with van der Waals surface area (Å²) in [5, 5.41) is 11.7. The molecule has 108 valence electrons. The first-order chi connectivity index (χ1) is 9.56. The van der Waals surface area contributed by atoms with Crippen LogP contribution in [0.25, 0.3) is 0 Å². The molecule has 1 amide bonds. The molecule has 0 aliphatic carbocycles. The van der Waals surface area contributed by atoms with Crippen molar-refractivity contribution in [3.8, 4) is 6.07 Å². The van der Waals surface area contributed by atoms with Crippen molar-refractivity contribution in [2.75, 3.05) is 0 Å². The molecular weight excluding hydrogens is 254 g/mol. The number of carbonyl (C=O) groups excluding carboxylic acids is 1. The Kier molecular flexibility index (Phi) is 6.51. The lowest BCUT2D eigenvalue weighted by molar-refractivity contribution is -0.122. The number of aromatic nitrogens is 1. The van der Waals surface area contributed by atoms with Gasteiger partial charge in [-0.15, -0.1) is 0 Å². The molecule has 0 saturated carbocycles. The van der Waals surface area contributed by atoms with E-state index >= 15 is 0 Å². The molecule has 1 aromatic rings. The quantitative estimate of drug-likeness (QED) is 0.771. The number of amides is 1. The van der Waals surface area contributed by atoms with Crippen LogP contribution in [0.5, 0.6) is 0 Å². The van der Waals surface area contributed by atoms with Crippen molar-refractivity contribution in [3.63, 3.8) is 0 Å². The fourth-order valence-electron chi connectivity index (χ4n) is 1.97. The second-order valence-corrected chi connectivity index (χ2v) is 4.96. The first-order valence-corrected chi connectivity index (χ1v) is 6.96. The summed E-state index contributed by atoms with van der Waals surface area (Å²) in [6, 6.07) is 4.80. The van der Waals surface area contributed by atoms with Gasteiger partial charge in [0.25, 0.3) is 5.56 Å². The maximum atomic E-state index is 11.9. The zero-order valence-corrected chi connectivity index (χ0v) is 12.1. The summed E-state index contributed by atoms with van der Waals surface area (Å²) in [6.45, 7) is 4.05. The Hall–Kier alpha value is -2.09. The van der Waals surface area contributed by atoms with Crippen molar-refractivity contribution in [1.82, 2.24) is 9.88 Å². The maximum Gasteiger partial charge on any atom is 0.251 e. The number of carbonyl (C=O) groups is 1. The third kappa shape index (κ3) is 5.27. The fourth-order valence-corrected chi connectivity index (χ4v) is 1.97. The van der Waals surface area contributed by atoms with Gasteiger partial charge in [0.15, 0.2) is 0 Å². The molecule has 0 fully saturated rings. The molecule has 0 aliphatic heterocycles. The summed E-state index contributed by atoms with van der Waals surface area (Å²) in [5.74, 6) is -0.203. The van der Waals surface area contributed by atoms with Crippen LogP contribution in [-0.2, 0) is 11.3 Å². The minimum absolute atomic E-state index is 0.0491. The lowest BCUT2D eigenvalue weighted by atomic mass is 10.1. The lowest BCUT2D eigenvalue weighted by Crippen LogP contribution is -2.37. The molecule has 20 heavy (non-hydrogen) atoms. The maximum absolute atomic E-state index is 11.9. The highest BCUT2D eigenvalue weighted by Crippen LogP contribution is 2.02. The zero-order valence-electron chi connectivity index (χ0n) is 12.1. The molecule has 0 unspecified atom stereocenters. The number of nitriles is 1. The van der Waals surface area contributed by atoms with Crippen LogP contribution in [0, 0.1) is 11.3 Å². The highest BCUT2D eigenvalue weighted by Gasteiger charge is 2.09. The van der Waals surface area contributed by atoms with E-state index in [0.717, 1.165) is 25.7 Å². The molecule has 1 N–H and O–H groups in total. The van der Waals surface area contributed by atoms with Gasteiger partial charge in [0, 0.05) is 18.3 Å². The molecule has 1 rings (SSSR count). The van der Waals surface area contributed by atoms with E-state index in [1.165, 1.54) is 22.9 Å². The van der Waals surface area contributed by atoms with Gasteiger partial charge in [-0.25, -0.2) is 0 Å². The molecule has 0 aliphatic rings. The van der Waals surface area contributed by atoms with Gasteiger partial charge < -0.3 is 9.88 Å². The van der Waals surface area contributed by atoms with Crippen molar-refractivity contribution < 1.29 is 4.79 Å². The van der Waals surface area contributed by atoms with Crippen LogP contribution in [-0.4, -0.2) is 16.5 Å². The molecule has 1 aromatic heterocycles. The van der Waals surface area contributed by atoms with E-state index < -0.39 is 0 Å². The van der Waals surface area contributed by atoms with Crippen LogP contribution in [0.2, 0.25) is 0 Å². The Morgan fingerprint density at radius 2 is 2.20 bits per heavy atom. The fraction of sp³-hybridized carbons (Fsp3) is 0.533. The predicted octanol–water partition coefficient (Wildman–Crippen LogP) is 1.80. The van der Waals surface area contributed by atoms with Gasteiger partial charge in [0.05, 0.1) is 5.56 Å². The number of pyridine rings is 1. The number of nitrogens with zero attached hydrogens (tertiary/aromatic N) is 2. The molecule has 0 radical (unpaired) electrons. The number of hydrogen-bond donors (Lipinski definition) is 1. The van der Waals surface area contributed by atoms with E-state index in [1.54, 1.807) is 0 Å². The third-order valence-electron chi connectivity index (χ3n) is 3.07. The number of unbranched alkanes of at least 4 members (excludes halogenated alkanes) is 2. The Morgan fingerprint density at radius 3 is 2.85 bits per heavy atom. The van der Waals surface area contributed by atoms with Gasteiger partial charge in [-0.3, -0.25) is 9.59 Å². The molecule has 1 heterocycles. The van der Waals surface area contributed by atoms with E-state index in [9.17, 15) is 9.59 Å². The molecule has 1 atom stereocenters. The van der Waals surface area contributed by atoms with E-state index in [4.69, 9.17) is 5.26 Å². The van der Waals surface area contributed by atoms with Crippen LogP contribution in [0.1, 0.15) is 45.1 Å². The van der Waals surface area contributed by atoms with E-state index in [1.807, 2.05) is 13.0 Å². The zero-order chi connectivity index (χ0) is 15.0. The Bertz CT molecular complexity index is 543. The largest absolute Gasteiger partial charge is 0.352 e. The summed E-state index contributed by atoms with van der Waals surface area (Å²) in [5.41, 5.74) is 0.0891. The number of rotatable bonds is 7. The van der Waals surface area contributed by atoms with Crippen molar-refractivity contribution >= 4 is 5.91 Å². The van der Waals surface area contributed by atoms with Crippen molar-refractivity contribution in [3.05, 3.63) is 34.2 Å². The predicted molar refractivity (Wildman–Crippen MR) is 77.2 cm³/mol. The summed E-state index contributed by atoms with van der Waals surface area (Å²) >= 11 is 0. The third-order valence-corrected chi connectivity index (χ3v) is 3.07. The van der Waals surface area contributed by atoms with Crippen LogP contribution in [0.4, 0.5) is 0 Å². The van der Waals surface area contributed by atoms with Crippen LogP contribution in [0.3, 0.4) is 0 Å². The normalized spacial score (nSPS) is 11.7. The second kappa shape index (κ2) is 8.16. The van der Waals surface area contributed by atoms with Gasteiger partial charge >= 0.3 is 0 Å². The highest BCUT2D eigenvalue weighted by atomic mass is 16.2. The Morgan fingerprint density at radius 1 is 1.45 bits per heavy atom. The summed E-state index contributed by atoms with van der Waals surface area (Å²) < 4.78 is 1.26. The molecule has 0 bridgehead atoms.